The maximum atomic E-state index is 13.5. The van der Waals surface area contributed by atoms with E-state index in [1.807, 2.05) is 13.0 Å². The Morgan fingerprint density at radius 3 is 2.71 bits per heavy atom. The lowest BCUT2D eigenvalue weighted by atomic mass is 10.1. The maximum absolute atomic E-state index is 13.5. The number of rotatable bonds is 7. The van der Waals surface area contributed by atoms with Crippen molar-refractivity contribution in [2.45, 2.75) is 33.6 Å². The highest BCUT2D eigenvalue weighted by Gasteiger charge is 2.05. The van der Waals surface area contributed by atoms with Gasteiger partial charge in [-0.3, -0.25) is 0 Å². The molecule has 0 aromatic heterocycles. The van der Waals surface area contributed by atoms with E-state index >= 15 is 0 Å². The van der Waals surface area contributed by atoms with Gasteiger partial charge < -0.3 is 10.1 Å². The van der Waals surface area contributed by atoms with Gasteiger partial charge >= 0.3 is 0 Å². The van der Waals surface area contributed by atoms with Crippen LogP contribution in [0, 0.1) is 11.7 Å². The molecule has 0 aliphatic carbocycles. The Labute approximate surface area is 103 Å². The highest BCUT2D eigenvalue weighted by Crippen LogP contribution is 2.21. The van der Waals surface area contributed by atoms with Gasteiger partial charge in [-0.05, 0) is 31.4 Å². The Hall–Kier alpha value is -1.25. The first-order valence-electron chi connectivity index (χ1n) is 6.33. The van der Waals surface area contributed by atoms with Crippen molar-refractivity contribution in [1.82, 2.24) is 0 Å². The molecule has 1 atom stereocenters. The van der Waals surface area contributed by atoms with Crippen LogP contribution in [0.4, 0.5) is 10.1 Å². The molecule has 0 heterocycles. The van der Waals surface area contributed by atoms with Crippen LogP contribution in [0.2, 0.25) is 0 Å². The molecule has 1 aromatic carbocycles. The van der Waals surface area contributed by atoms with Gasteiger partial charge in [0.2, 0.25) is 0 Å². The minimum atomic E-state index is -0.306. The third kappa shape index (κ3) is 4.63. The molecule has 1 aromatic rings. The molecule has 17 heavy (non-hydrogen) atoms. The van der Waals surface area contributed by atoms with Crippen molar-refractivity contribution in [1.29, 1.82) is 0 Å². The quantitative estimate of drug-likeness (QED) is 0.774. The lowest BCUT2D eigenvalue weighted by Gasteiger charge is -2.13. The predicted molar refractivity (Wildman–Crippen MR) is 70.1 cm³/mol. The summed E-state index contributed by atoms with van der Waals surface area (Å²) in [5.41, 5.74) is 0.814. The maximum Gasteiger partial charge on any atom is 0.167 e. The number of benzene rings is 1. The van der Waals surface area contributed by atoms with Gasteiger partial charge in [0.1, 0.15) is 0 Å². The topological polar surface area (TPSA) is 21.3 Å². The standard InChI is InChI=1S/C14H22FNO/c1-4-6-11(3)10-16-12-7-8-14(17-5-2)13(15)9-12/h7-9,11,16H,4-6,10H2,1-3H3. The Morgan fingerprint density at radius 1 is 1.35 bits per heavy atom. The number of halogens is 1. The highest BCUT2D eigenvalue weighted by molar-refractivity contribution is 5.47. The van der Waals surface area contributed by atoms with E-state index in [0.717, 1.165) is 12.2 Å². The molecule has 0 aliphatic rings. The SMILES string of the molecule is CCCC(C)CNc1ccc(OCC)c(F)c1. The third-order valence-electron chi connectivity index (χ3n) is 2.67. The average molecular weight is 239 g/mol. The molecule has 1 rings (SSSR count). The van der Waals surface area contributed by atoms with Gasteiger partial charge in [-0.2, -0.15) is 0 Å². The van der Waals surface area contributed by atoms with Crippen LogP contribution < -0.4 is 10.1 Å². The van der Waals surface area contributed by atoms with E-state index in [9.17, 15) is 4.39 Å². The molecule has 0 bridgehead atoms. The highest BCUT2D eigenvalue weighted by atomic mass is 19.1. The third-order valence-corrected chi connectivity index (χ3v) is 2.67. The first-order valence-corrected chi connectivity index (χ1v) is 6.33. The van der Waals surface area contributed by atoms with E-state index in [0.29, 0.717) is 18.3 Å². The van der Waals surface area contributed by atoms with Gasteiger partial charge in [0.25, 0.3) is 0 Å². The molecule has 0 aliphatic heterocycles. The molecular formula is C14H22FNO. The fourth-order valence-electron chi connectivity index (χ4n) is 1.77. The lowest BCUT2D eigenvalue weighted by molar-refractivity contribution is 0.321. The van der Waals surface area contributed by atoms with Crippen LogP contribution >= 0.6 is 0 Å². The molecule has 0 spiro atoms. The normalized spacial score (nSPS) is 12.2. The van der Waals surface area contributed by atoms with Crippen LogP contribution in [0.25, 0.3) is 0 Å². The van der Waals surface area contributed by atoms with Crippen molar-refractivity contribution < 1.29 is 9.13 Å². The lowest BCUT2D eigenvalue weighted by Crippen LogP contribution is -2.11. The van der Waals surface area contributed by atoms with Crippen molar-refractivity contribution in [2.75, 3.05) is 18.5 Å². The monoisotopic (exact) mass is 239 g/mol. The molecule has 0 fully saturated rings. The zero-order valence-corrected chi connectivity index (χ0v) is 10.9. The van der Waals surface area contributed by atoms with Gasteiger partial charge in [0.15, 0.2) is 11.6 Å². The Kier molecular flexibility index (Phi) is 5.81. The second kappa shape index (κ2) is 7.15. The zero-order valence-electron chi connectivity index (χ0n) is 10.9. The molecule has 96 valence electrons. The first-order chi connectivity index (χ1) is 8.17. The second-order valence-electron chi connectivity index (χ2n) is 4.35. The number of hydrogen-bond acceptors (Lipinski definition) is 2. The van der Waals surface area contributed by atoms with Crippen molar-refractivity contribution in [2.24, 2.45) is 5.92 Å². The largest absolute Gasteiger partial charge is 0.491 e. The van der Waals surface area contributed by atoms with Crippen molar-refractivity contribution >= 4 is 5.69 Å². The predicted octanol–water partition coefficient (Wildman–Crippen LogP) is 4.07. The first kappa shape index (κ1) is 13.8. The molecule has 0 saturated heterocycles. The molecule has 1 unspecified atom stereocenters. The van der Waals surface area contributed by atoms with Crippen LogP contribution in [0.15, 0.2) is 18.2 Å². The summed E-state index contributed by atoms with van der Waals surface area (Å²) >= 11 is 0. The van der Waals surface area contributed by atoms with E-state index in [-0.39, 0.29) is 5.82 Å². The second-order valence-corrected chi connectivity index (χ2v) is 4.35. The molecule has 0 radical (unpaired) electrons. The summed E-state index contributed by atoms with van der Waals surface area (Å²) in [5.74, 6) is 0.620. The summed E-state index contributed by atoms with van der Waals surface area (Å²) in [6.45, 7) is 7.57. The van der Waals surface area contributed by atoms with Gasteiger partial charge in [-0.1, -0.05) is 20.3 Å². The molecule has 0 amide bonds. The summed E-state index contributed by atoms with van der Waals surface area (Å²) < 4.78 is 18.7. The summed E-state index contributed by atoms with van der Waals surface area (Å²) in [5, 5.41) is 3.24. The molecule has 3 heteroatoms. The molecular weight excluding hydrogens is 217 g/mol. The average Bonchev–Trinajstić information content (AvgIpc) is 2.30. The van der Waals surface area contributed by atoms with E-state index in [4.69, 9.17) is 4.74 Å². The number of hydrogen-bond donors (Lipinski definition) is 1. The molecule has 1 N–H and O–H groups in total. The van der Waals surface area contributed by atoms with Gasteiger partial charge in [-0.15, -0.1) is 0 Å². The fourth-order valence-corrected chi connectivity index (χ4v) is 1.77. The van der Waals surface area contributed by atoms with Gasteiger partial charge in [0, 0.05) is 18.3 Å². The molecule has 0 saturated carbocycles. The summed E-state index contributed by atoms with van der Waals surface area (Å²) in [6, 6.07) is 5.02. The van der Waals surface area contributed by atoms with E-state index in [2.05, 4.69) is 19.2 Å². The van der Waals surface area contributed by atoms with E-state index < -0.39 is 0 Å². The van der Waals surface area contributed by atoms with Crippen LogP contribution in [0.5, 0.6) is 5.75 Å². The van der Waals surface area contributed by atoms with Crippen molar-refractivity contribution in [3.63, 3.8) is 0 Å². The van der Waals surface area contributed by atoms with Gasteiger partial charge in [0.05, 0.1) is 6.61 Å². The van der Waals surface area contributed by atoms with E-state index in [1.54, 1.807) is 6.07 Å². The number of nitrogens with one attached hydrogen (secondary N) is 1. The summed E-state index contributed by atoms with van der Waals surface area (Å²) in [4.78, 5) is 0. The summed E-state index contributed by atoms with van der Waals surface area (Å²) in [6.07, 6.45) is 2.37. The van der Waals surface area contributed by atoms with Crippen LogP contribution in [0.3, 0.4) is 0 Å². The van der Waals surface area contributed by atoms with Crippen LogP contribution in [-0.2, 0) is 0 Å². The Balaban J connectivity index is 2.52. The van der Waals surface area contributed by atoms with Crippen molar-refractivity contribution in [3.8, 4) is 5.75 Å². The van der Waals surface area contributed by atoms with E-state index in [1.165, 1.54) is 18.9 Å². The number of anilines is 1. The summed E-state index contributed by atoms with van der Waals surface area (Å²) in [7, 11) is 0. The Bertz CT molecular complexity index is 341. The number of ether oxygens (including phenoxy) is 1. The van der Waals surface area contributed by atoms with Crippen LogP contribution in [0.1, 0.15) is 33.6 Å². The Morgan fingerprint density at radius 2 is 2.12 bits per heavy atom. The minimum absolute atomic E-state index is 0.306. The zero-order chi connectivity index (χ0) is 12.7. The van der Waals surface area contributed by atoms with Crippen LogP contribution in [-0.4, -0.2) is 13.2 Å². The van der Waals surface area contributed by atoms with Gasteiger partial charge in [-0.25, -0.2) is 4.39 Å². The van der Waals surface area contributed by atoms with Crippen molar-refractivity contribution in [3.05, 3.63) is 24.0 Å². The minimum Gasteiger partial charge on any atom is -0.491 e. The molecule has 2 nitrogen and oxygen atoms in total. The fraction of sp³-hybridized carbons (Fsp3) is 0.571. The smallest absolute Gasteiger partial charge is 0.167 e.